The first kappa shape index (κ1) is 18.1. The summed E-state index contributed by atoms with van der Waals surface area (Å²) in [6, 6.07) is 15.6. The summed E-state index contributed by atoms with van der Waals surface area (Å²) in [5.74, 6) is 0.711. The van der Waals surface area contributed by atoms with E-state index in [4.69, 9.17) is 4.74 Å². The Morgan fingerprint density at radius 3 is 2.52 bits per heavy atom. The normalized spacial score (nSPS) is 10.1. The van der Waals surface area contributed by atoms with Crippen molar-refractivity contribution < 1.29 is 14.3 Å². The molecule has 2 aromatic carbocycles. The summed E-state index contributed by atoms with van der Waals surface area (Å²) in [7, 11) is 1.59. The summed E-state index contributed by atoms with van der Waals surface area (Å²) in [5, 5.41) is 5.84. The van der Waals surface area contributed by atoms with E-state index in [0.717, 1.165) is 5.69 Å². The van der Waals surface area contributed by atoms with E-state index in [9.17, 15) is 9.59 Å². The van der Waals surface area contributed by atoms with Gasteiger partial charge in [-0.25, -0.2) is 9.97 Å². The molecule has 0 unspecified atom stereocenters. The number of Topliss-reactive ketones (excluding diaryl/α,β-unsaturated/α-hetero) is 1. The van der Waals surface area contributed by atoms with Gasteiger partial charge in [-0.2, -0.15) is 0 Å². The van der Waals surface area contributed by atoms with Gasteiger partial charge >= 0.3 is 0 Å². The fourth-order valence-corrected chi connectivity index (χ4v) is 2.41. The van der Waals surface area contributed by atoms with Crippen LogP contribution in [0.2, 0.25) is 0 Å². The molecule has 3 rings (SSSR count). The van der Waals surface area contributed by atoms with E-state index in [-0.39, 0.29) is 11.5 Å². The molecule has 7 nitrogen and oxygen atoms in total. The Morgan fingerprint density at radius 2 is 1.74 bits per heavy atom. The molecule has 0 aliphatic rings. The molecule has 0 atom stereocenters. The minimum atomic E-state index is -0.396. The van der Waals surface area contributed by atoms with Gasteiger partial charge in [-0.15, -0.1) is 0 Å². The number of carbonyl (C=O) groups is 2. The Labute approximate surface area is 156 Å². The summed E-state index contributed by atoms with van der Waals surface area (Å²) >= 11 is 0. The SMILES string of the molecule is COc1cccc(Nc2cc(C(=O)Nc3cccc(C(C)=O)c3)ncn2)c1. The van der Waals surface area contributed by atoms with Crippen LogP contribution in [0, 0.1) is 0 Å². The maximum absolute atomic E-state index is 12.5. The molecule has 0 aliphatic heterocycles. The van der Waals surface area contributed by atoms with Crippen molar-refractivity contribution in [1.29, 1.82) is 0 Å². The number of benzene rings is 2. The third-order valence-corrected chi connectivity index (χ3v) is 3.77. The van der Waals surface area contributed by atoms with Crippen LogP contribution in [0.4, 0.5) is 17.2 Å². The van der Waals surface area contributed by atoms with Gasteiger partial charge in [-0.1, -0.05) is 18.2 Å². The van der Waals surface area contributed by atoms with Crippen molar-refractivity contribution in [3.8, 4) is 5.75 Å². The summed E-state index contributed by atoms with van der Waals surface area (Å²) in [5.41, 5.74) is 2.02. The second kappa shape index (κ2) is 8.09. The Morgan fingerprint density at radius 1 is 0.963 bits per heavy atom. The fourth-order valence-electron chi connectivity index (χ4n) is 2.41. The number of ether oxygens (including phenoxy) is 1. The minimum absolute atomic E-state index is 0.0714. The van der Waals surface area contributed by atoms with E-state index < -0.39 is 5.91 Å². The number of methoxy groups -OCH3 is 1. The third-order valence-electron chi connectivity index (χ3n) is 3.77. The van der Waals surface area contributed by atoms with Crippen molar-refractivity contribution in [3.63, 3.8) is 0 Å². The van der Waals surface area contributed by atoms with Gasteiger partial charge in [0.25, 0.3) is 5.91 Å². The molecular formula is C20H18N4O3. The average molecular weight is 362 g/mol. The van der Waals surface area contributed by atoms with Crippen LogP contribution >= 0.6 is 0 Å². The summed E-state index contributed by atoms with van der Waals surface area (Å²) in [6.07, 6.45) is 1.31. The zero-order valence-corrected chi connectivity index (χ0v) is 14.9. The summed E-state index contributed by atoms with van der Waals surface area (Å²) < 4.78 is 5.19. The van der Waals surface area contributed by atoms with E-state index in [1.165, 1.54) is 13.3 Å². The predicted octanol–water partition coefficient (Wildman–Crippen LogP) is 3.68. The number of nitrogens with one attached hydrogen (secondary N) is 2. The lowest BCUT2D eigenvalue weighted by Gasteiger charge is -2.09. The van der Waals surface area contributed by atoms with Crippen LogP contribution in [0.3, 0.4) is 0 Å². The molecule has 1 amide bonds. The summed E-state index contributed by atoms with van der Waals surface area (Å²) in [4.78, 5) is 32.1. The van der Waals surface area contributed by atoms with E-state index in [1.54, 1.807) is 37.4 Å². The monoisotopic (exact) mass is 362 g/mol. The molecule has 0 radical (unpaired) electrons. The van der Waals surface area contributed by atoms with Crippen LogP contribution in [-0.2, 0) is 0 Å². The van der Waals surface area contributed by atoms with Gasteiger partial charge in [0.05, 0.1) is 7.11 Å². The number of aromatic nitrogens is 2. The Kier molecular flexibility index (Phi) is 5.41. The van der Waals surface area contributed by atoms with Gasteiger partial charge < -0.3 is 15.4 Å². The Hall–Kier alpha value is -3.74. The van der Waals surface area contributed by atoms with Crippen LogP contribution in [0.15, 0.2) is 60.9 Å². The highest BCUT2D eigenvalue weighted by Gasteiger charge is 2.10. The molecule has 3 aromatic rings. The maximum Gasteiger partial charge on any atom is 0.274 e. The Balaban J connectivity index is 1.75. The molecule has 27 heavy (non-hydrogen) atoms. The number of hydrogen-bond donors (Lipinski definition) is 2. The van der Waals surface area contributed by atoms with Crippen LogP contribution in [-0.4, -0.2) is 28.8 Å². The first-order valence-electron chi connectivity index (χ1n) is 8.20. The van der Waals surface area contributed by atoms with Crippen LogP contribution < -0.4 is 15.4 Å². The molecule has 0 saturated heterocycles. The van der Waals surface area contributed by atoms with Crippen molar-refractivity contribution in [2.24, 2.45) is 0 Å². The molecule has 0 spiro atoms. The van der Waals surface area contributed by atoms with Crippen LogP contribution in [0.25, 0.3) is 0 Å². The number of hydrogen-bond acceptors (Lipinski definition) is 6. The second-order valence-corrected chi connectivity index (χ2v) is 5.74. The standard InChI is InChI=1S/C20H18N4O3/c1-13(25)14-5-3-6-15(9-14)24-20(26)18-11-19(22-12-21-18)23-16-7-4-8-17(10-16)27-2/h3-12H,1-2H3,(H,24,26)(H,21,22,23). The van der Waals surface area contributed by atoms with E-state index in [0.29, 0.717) is 22.8 Å². The molecule has 0 aliphatic carbocycles. The predicted molar refractivity (Wildman–Crippen MR) is 103 cm³/mol. The van der Waals surface area contributed by atoms with E-state index in [2.05, 4.69) is 20.6 Å². The number of amides is 1. The summed E-state index contributed by atoms with van der Waals surface area (Å²) in [6.45, 7) is 1.47. The molecule has 0 saturated carbocycles. The van der Waals surface area contributed by atoms with Gasteiger partial charge in [0.15, 0.2) is 5.78 Å². The maximum atomic E-state index is 12.5. The van der Waals surface area contributed by atoms with Gasteiger partial charge in [0.1, 0.15) is 23.6 Å². The molecular weight excluding hydrogens is 344 g/mol. The van der Waals surface area contributed by atoms with E-state index in [1.807, 2.05) is 24.3 Å². The highest BCUT2D eigenvalue weighted by molar-refractivity contribution is 6.04. The molecule has 1 aromatic heterocycles. The van der Waals surface area contributed by atoms with Gasteiger partial charge in [0.2, 0.25) is 0 Å². The zero-order chi connectivity index (χ0) is 19.2. The van der Waals surface area contributed by atoms with Crippen molar-refractivity contribution in [2.75, 3.05) is 17.7 Å². The van der Waals surface area contributed by atoms with Crippen molar-refractivity contribution >= 4 is 28.9 Å². The minimum Gasteiger partial charge on any atom is -0.497 e. The quantitative estimate of drug-likeness (QED) is 0.650. The molecule has 0 fully saturated rings. The van der Waals surface area contributed by atoms with Crippen LogP contribution in [0.5, 0.6) is 5.75 Å². The lowest BCUT2D eigenvalue weighted by atomic mass is 10.1. The van der Waals surface area contributed by atoms with Gasteiger partial charge in [0, 0.05) is 29.1 Å². The highest BCUT2D eigenvalue weighted by atomic mass is 16.5. The largest absolute Gasteiger partial charge is 0.497 e. The van der Waals surface area contributed by atoms with Crippen LogP contribution in [0.1, 0.15) is 27.8 Å². The van der Waals surface area contributed by atoms with Gasteiger partial charge in [-0.05, 0) is 31.2 Å². The fraction of sp³-hybridized carbons (Fsp3) is 0.100. The highest BCUT2D eigenvalue weighted by Crippen LogP contribution is 2.20. The average Bonchev–Trinajstić information content (AvgIpc) is 2.68. The van der Waals surface area contributed by atoms with E-state index >= 15 is 0 Å². The number of rotatable bonds is 6. The van der Waals surface area contributed by atoms with Crippen molar-refractivity contribution in [2.45, 2.75) is 6.92 Å². The smallest absolute Gasteiger partial charge is 0.274 e. The van der Waals surface area contributed by atoms with Crippen molar-refractivity contribution in [1.82, 2.24) is 9.97 Å². The number of carbonyl (C=O) groups excluding carboxylic acids is 2. The Bertz CT molecular complexity index is 988. The topological polar surface area (TPSA) is 93.2 Å². The molecule has 2 N–H and O–H groups in total. The molecule has 136 valence electrons. The lowest BCUT2D eigenvalue weighted by Crippen LogP contribution is -2.14. The number of anilines is 3. The number of ketones is 1. The first-order valence-corrected chi connectivity index (χ1v) is 8.20. The number of nitrogens with zero attached hydrogens (tertiary/aromatic N) is 2. The second-order valence-electron chi connectivity index (χ2n) is 5.74. The van der Waals surface area contributed by atoms with Gasteiger partial charge in [-0.3, -0.25) is 9.59 Å². The zero-order valence-electron chi connectivity index (χ0n) is 14.9. The molecule has 1 heterocycles. The van der Waals surface area contributed by atoms with Crippen molar-refractivity contribution in [3.05, 3.63) is 72.2 Å². The molecule has 7 heteroatoms. The lowest BCUT2D eigenvalue weighted by molar-refractivity contribution is 0.100. The third kappa shape index (κ3) is 4.66. The first-order chi connectivity index (χ1) is 13.0. The molecule has 0 bridgehead atoms.